The van der Waals surface area contributed by atoms with Gasteiger partial charge in [-0.1, -0.05) is 37.6 Å². The Labute approximate surface area is 123 Å². The van der Waals surface area contributed by atoms with E-state index in [-0.39, 0.29) is 5.92 Å². The van der Waals surface area contributed by atoms with Gasteiger partial charge in [-0.05, 0) is 36.1 Å². The van der Waals surface area contributed by atoms with E-state index in [4.69, 9.17) is 5.11 Å². The van der Waals surface area contributed by atoms with E-state index >= 15 is 0 Å². The quantitative estimate of drug-likeness (QED) is 0.933. The van der Waals surface area contributed by atoms with Gasteiger partial charge < -0.3 is 5.11 Å². The number of aryl methyl sites for hydroxylation is 1. The molecule has 110 valence electrons. The molecule has 21 heavy (non-hydrogen) atoms. The molecular formula is C17H19NO3. The molecule has 1 aromatic heterocycles. The van der Waals surface area contributed by atoms with Crippen molar-refractivity contribution < 1.29 is 9.90 Å². The van der Waals surface area contributed by atoms with Crippen LogP contribution >= 0.6 is 0 Å². The van der Waals surface area contributed by atoms with E-state index in [9.17, 15) is 9.59 Å². The van der Waals surface area contributed by atoms with Crippen LogP contribution < -0.4 is 5.56 Å². The third-order valence-electron chi connectivity index (χ3n) is 3.69. The Hall–Kier alpha value is -2.36. The molecule has 0 aliphatic heterocycles. The highest BCUT2D eigenvalue weighted by Gasteiger charge is 2.17. The van der Waals surface area contributed by atoms with Crippen molar-refractivity contribution in [2.75, 3.05) is 0 Å². The van der Waals surface area contributed by atoms with Gasteiger partial charge in [0.05, 0.1) is 0 Å². The minimum Gasteiger partial charge on any atom is -0.464 e. The molecule has 0 amide bonds. The van der Waals surface area contributed by atoms with Crippen molar-refractivity contribution in [3.05, 3.63) is 69.6 Å². The lowest BCUT2D eigenvalue weighted by Crippen LogP contribution is -2.25. The fourth-order valence-corrected chi connectivity index (χ4v) is 2.64. The molecular weight excluding hydrogens is 266 g/mol. The van der Waals surface area contributed by atoms with Crippen LogP contribution in [0.4, 0.5) is 4.79 Å². The molecule has 1 aromatic carbocycles. The van der Waals surface area contributed by atoms with Crippen molar-refractivity contribution in [1.29, 1.82) is 0 Å². The molecule has 4 heteroatoms. The fourth-order valence-electron chi connectivity index (χ4n) is 2.64. The van der Waals surface area contributed by atoms with Gasteiger partial charge >= 0.3 is 6.09 Å². The van der Waals surface area contributed by atoms with Crippen LogP contribution in [0.2, 0.25) is 0 Å². The molecule has 0 radical (unpaired) electrons. The average Bonchev–Trinajstić information content (AvgIpc) is 2.45. The number of nitrogens with zero attached hydrogens (tertiary/aromatic N) is 1. The van der Waals surface area contributed by atoms with Crippen molar-refractivity contribution in [1.82, 2.24) is 4.57 Å². The third kappa shape index (κ3) is 3.21. The smallest absolute Gasteiger partial charge is 0.418 e. The summed E-state index contributed by atoms with van der Waals surface area (Å²) in [6.07, 6.45) is 1.98. The third-order valence-corrected chi connectivity index (χ3v) is 3.69. The summed E-state index contributed by atoms with van der Waals surface area (Å²) in [7, 11) is 0. The number of hydrogen-bond acceptors (Lipinski definition) is 2. The first kappa shape index (κ1) is 15.0. The van der Waals surface area contributed by atoms with Crippen LogP contribution in [-0.4, -0.2) is 15.8 Å². The van der Waals surface area contributed by atoms with Crippen LogP contribution in [0.1, 0.15) is 42.4 Å². The molecule has 0 aliphatic rings. The van der Waals surface area contributed by atoms with Gasteiger partial charge in [0.15, 0.2) is 0 Å². The molecule has 0 saturated carbocycles. The maximum atomic E-state index is 11.9. The zero-order valence-electron chi connectivity index (χ0n) is 12.2. The number of benzene rings is 1. The SMILES string of the molecule is CCCC(c1ccn(C(=O)O)c(=O)c1)c1ccccc1C. The fraction of sp³-hybridized carbons (Fsp3) is 0.294. The van der Waals surface area contributed by atoms with E-state index in [1.807, 2.05) is 12.1 Å². The van der Waals surface area contributed by atoms with Crippen molar-refractivity contribution in [3.63, 3.8) is 0 Å². The Morgan fingerprint density at radius 3 is 2.57 bits per heavy atom. The summed E-state index contributed by atoms with van der Waals surface area (Å²) in [4.78, 5) is 22.8. The molecule has 2 aromatic rings. The highest BCUT2D eigenvalue weighted by Crippen LogP contribution is 2.30. The minimum absolute atomic E-state index is 0.118. The lowest BCUT2D eigenvalue weighted by atomic mass is 9.86. The van der Waals surface area contributed by atoms with Gasteiger partial charge in [-0.3, -0.25) is 4.79 Å². The second kappa shape index (κ2) is 6.39. The highest BCUT2D eigenvalue weighted by molar-refractivity contribution is 5.67. The highest BCUT2D eigenvalue weighted by atomic mass is 16.4. The first-order valence-corrected chi connectivity index (χ1v) is 7.06. The molecule has 4 nitrogen and oxygen atoms in total. The molecule has 0 spiro atoms. The largest absolute Gasteiger partial charge is 0.464 e. The predicted molar refractivity (Wildman–Crippen MR) is 82.1 cm³/mol. The first-order valence-electron chi connectivity index (χ1n) is 7.06. The van der Waals surface area contributed by atoms with E-state index < -0.39 is 11.7 Å². The molecule has 0 aliphatic carbocycles. The van der Waals surface area contributed by atoms with Gasteiger partial charge in [0.1, 0.15) is 0 Å². The Morgan fingerprint density at radius 1 is 1.29 bits per heavy atom. The Balaban J connectivity index is 2.49. The molecule has 1 N–H and O–H groups in total. The topological polar surface area (TPSA) is 59.3 Å². The van der Waals surface area contributed by atoms with Gasteiger partial charge in [-0.25, -0.2) is 9.36 Å². The molecule has 1 unspecified atom stereocenters. The lowest BCUT2D eigenvalue weighted by molar-refractivity contribution is 0.195. The summed E-state index contributed by atoms with van der Waals surface area (Å²) in [6, 6.07) is 11.3. The minimum atomic E-state index is -1.26. The number of rotatable bonds is 4. The van der Waals surface area contributed by atoms with Crippen LogP contribution in [0.25, 0.3) is 0 Å². The monoisotopic (exact) mass is 285 g/mol. The molecule has 0 fully saturated rings. The van der Waals surface area contributed by atoms with Gasteiger partial charge in [0.25, 0.3) is 5.56 Å². The molecule has 0 bridgehead atoms. The van der Waals surface area contributed by atoms with E-state index in [0.717, 1.165) is 18.4 Å². The standard InChI is InChI=1S/C17H19NO3/c1-3-6-15(14-8-5-4-7-12(14)2)13-9-10-18(17(20)21)16(19)11-13/h4-5,7-11,15H,3,6H2,1-2H3,(H,20,21). The summed E-state index contributed by atoms with van der Waals surface area (Å²) in [6.45, 7) is 4.15. The van der Waals surface area contributed by atoms with Gasteiger partial charge in [0, 0.05) is 18.2 Å². The number of carboxylic acid groups (broad SMARTS) is 1. The summed E-state index contributed by atoms with van der Waals surface area (Å²) < 4.78 is 0.699. The van der Waals surface area contributed by atoms with Crippen LogP contribution in [0.5, 0.6) is 0 Å². The van der Waals surface area contributed by atoms with Crippen molar-refractivity contribution in [2.24, 2.45) is 0 Å². The van der Waals surface area contributed by atoms with Crippen LogP contribution in [0.15, 0.2) is 47.4 Å². The normalized spacial score (nSPS) is 12.1. The Bertz CT molecular complexity index is 703. The second-order valence-corrected chi connectivity index (χ2v) is 5.15. The van der Waals surface area contributed by atoms with Crippen molar-refractivity contribution >= 4 is 6.09 Å². The van der Waals surface area contributed by atoms with E-state index in [1.165, 1.54) is 23.4 Å². The molecule has 1 atom stereocenters. The second-order valence-electron chi connectivity index (χ2n) is 5.15. The molecule has 0 saturated heterocycles. The Kier molecular flexibility index (Phi) is 4.58. The summed E-state index contributed by atoms with van der Waals surface area (Å²) in [5, 5.41) is 8.92. The van der Waals surface area contributed by atoms with Gasteiger partial charge in [-0.15, -0.1) is 0 Å². The zero-order valence-corrected chi connectivity index (χ0v) is 12.2. The maximum Gasteiger partial charge on any atom is 0.418 e. The average molecular weight is 285 g/mol. The van der Waals surface area contributed by atoms with Crippen molar-refractivity contribution in [2.45, 2.75) is 32.6 Å². The molecule has 1 heterocycles. The predicted octanol–water partition coefficient (Wildman–Crippen LogP) is 3.61. The number of hydrogen-bond donors (Lipinski definition) is 1. The van der Waals surface area contributed by atoms with Gasteiger partial charge in [0.2, 0.25) is 0 Å². The van der Waals surface area contributed by atoms with E-state index in [2.05, 4.69) is 26.0 Å². The summed E-state index contributed by atoms with van der Waals surface area (Å²) in [5.74, 6) is 0.118. The summed E-state index contributed by atoms with van der Waals surface area (Å²) >= 11 is 0. The van der Waals surface area contributed by atoms with E-state index in [1.54, 1.807) is 6.07 Å². The first-order chi connectivity index (χ1) is 10.0. The van der Waals surface area contributed by atoms with Crippen molar-refractivity contribution in [3.8, 4) is 0 Å². The Morgan fingerprint density at radius 2 is 2.00 bits per heavy atom. The number of pyridine rings is 1. The van der Waals surface area contributed by atoms with E-state index in [0.29, 0.717) is 4.57 Å². The van der Waals surface area contributed by atoms with Crippen LogP contribution in [0, 0.1) is 6.92 Å². The number of aromatic nitrogens is 1. The van der Waals surface area contributed by atoms with Gasteiger partial charge in [-0.2, -0.15) is 0 Å². The maximum absolute atomic E-state index is 11.9. The lowest BCUT2D eigenvalue weighted by Gasteiger charge is -2.19. The van der Waals surface area contributed by atoms with Crippen LogP contribution in [0.3, 0.4) is 0 Å². The van der Waals surface area contributed by atoms with Crippen LogP contribution in [-0.2, 0) is 0 Å². The molecule has 2 rings (SSSR count). The number of carbonyl (C=O) groups is 1. The zero-order chi connectivity index (χ0) is 15.4. The summed E-state index contributed by atoms with van der Waals surface area (Å²) in [5.41, 5.74) is 2.73.